The first-order valence-corrected chi connectivity index (χ1v) is 8.45. The molecule has 1 aromatic heterocycles. The molecule has 0 bridgehead atoms. The third-order valence-electron chi connectivity index (χ3n) is 4.32. The van der Waals surface area contributed by atoms with Crippen LogP contribution in [-0.2, 0) is 13.1 Å². The molecule has 1 fully saturated rings. The summed E-state index contributed by atoms with van der Waals surface area (Å²) in [5, 5.41) is 11.9. The number of rotatable bonds is 8. The van der Waals surface area contributed by atoms with E-state index in [0.29, 0.717) is 5.92 Å². The van der Waals surface area contributed by atoms with Crippen molar-refractivity contribution in [1.29, 1.82) is 0 Å². The van der Waals surface area contributed by atoms with Gasteiger partial charge in [-0.3, -0.25) is 4.68 Å². The van der Waals surface area contributed by atoms with Crippen LogP contribution in [0.3, 0.4) is 0 Å². The van der Waals surface area contributed by atoms with Gasteiger partial charge in [-0.25, -0.2) is 0 Å². The first kappa shape index (κ1) is 16.4. The predicted octanol–water partition coefficient (Wildman–Crippen LogP) is 2.29. The molecule has 2 rings (SSSR count). The molecule has 1 saturated carbocycles. The lowest BCUT2D eigenvalue weighted by molar-refractivity contribution is 0.183. The van der Waals surface area contributed by atoms with Gasteiger partial charge in [0.1, 0.15) is 0 Å². The SMILES string of the molecule is CC(C)CNCc1cn(CCN(C)C2CCCCC2)nn1. The largest absolute Gasteiger partial charge is 0.311 e. The quantitative estimate of drug-likeness (QED) is 0.799. The summed E-state index contributed by atoms with van der Waals surface area (Å²) in [7, 11) is 2.25. The number of hydrogen-bond acceptors (Lipinski definition) is 4. The van der Waals surface area contributed by atoms with Crippen molar-refractivity contribution in [2.45, 2.75) is 65.1 Å². The predicted molar refractivity (Wildman–Crippen MR) is 86.1 cm³/mol. The number of aromatic nitrogens is 3. The second-order valence-electron chi connectivity index (χ2n) is 6.77. The van der Waals surface area contributed by atoms with Gasteiger partial charge in [-0.2, -0.15) is 0 Å². The van der Waals surface area contributed by atoms with Crippen LogP contribution in [0, 0.1) is 5.92 Å². The number of hydrogen-bond donors (Lipinski definition) is 1. The average molecular weight is 293 g/mol. The van der Waals surface area contributed by atoms with Gasteiger partial charge in [-0.15, -0.1) is 5.10 Å². The first-order valence-electron chi connectivity index (χ1n) is 8.45. The maximum atomic E-state index is 4.24. The second-order valence-corrected chi connectivity index (χ2v) is 6.77. The second kappa shape index (κ2) is 8.49. The zero-order valence-corrected chi connectivity index (χ0v) is 13.9. The van der Waals surface area contributed by atoms with Gasteiger partial charge >= 0.3 is 0 Å². The molecule has 0 unspecified atom stereocenters. The van der Waals surface area contributed by atoms with Crippen LogP contribution in [0.4, 0.5) is 0 Å². The molecule has 120 valence electrons. The number of nitrogens with one attached hydrogen (secondary N) is 1. The number of likely N-dealkylation sites (N-methyl/N-ethyl adjacent to an activating group) is 1. The van der Waals surface area contributed by atoms with E-state index < -0.39 is 0 Å². The highest BCUT2D eigenvalue weighted by molar-refractivity contribution is 4.91. The Morgan fingerprint density at radius 1 is 1.33 bits per heavy atom. The molecular formula is C16H31N5. The van der Waals surface area contributed by atoms with E-state index in [2.05, 4.69) is 47.6 Å². The standard InChI is InChI=1S/C16H31N5/c1-14(2)11-17-12-15-13-21(19-18-15)10-9-20(3)16-7-5-4-6-8-16/h13-14,16-17H,4-12H2,1-3H3. The van der Waals surface area contributed by atoms with Gasteiger partial charge in [0.05, 0.1) is 12.2 Å². The Labute approximate surface area is 129 Å². The van der Waals surface area contributed by atoms with E-state index in [1.54, 1.807) is 0 Å². The van der Waals surface area contributed by atoms with E-state index in [-0.39, 0.29) is 0 Å². The molecule has 21 heavy (non-hydrogen) atoms. The van der Waals surface area contributed by atoms with Gasteiger partial charge in [0.15, 0.2) is 0 Å². The van der Waals surface area contributed by atoms with Crippen molar-refractivity contribution in [1.82, 2.24) is 25.2 Å². The summed E-state index contributed by atoms with van der Waals surface area (Å²) in [6.07, 6.45) is 8.99. The topological polar surface area (TPSA) is 46.0 Å². The molecule has 1 heterocycles. The van der Waals surface area contributed by atoms with Crippen molar-refractivity contribution in [3.8, 4) is 0 Å². The molecule has 0 amide bonds. The van der Waals surface area contributed by atoms with E-state index in [1.165, 1.54) is 32.1 Å². The van der Waals surface area contributed by atoms with E-state index in [9.17, 15) is 0 Å². The van der Waals surface area contributed by atoms with Gasteiger partial charge in [0.2, 0.25) is 0 Å². The fourth-order valence-corrected chi connectivity index (χ4v) is 2.98. The summed E-state index contributed by atoms with van der Waals surface area (Å²) in [5.41, 5.74) is 1.04. The minimum absolute atomic E-state index is 0.671. The summed E-state index contributed by atoms with van der Waals surface area (Å²) in [6.45, 7) is 8.26. The van der Waals surface area contributed by atoms with Crippen LogP contribution >= 0.6 is 0 Å². The summed E-state index contributed by atoms with van der Waals surface area (Å²) < 4.78 is 1.98. The summed E-state index contributed by atoms with van der Waals surface area (Å²) in [4.78, 5) is 2.50. The normalized spacial score (nSPS) is 17.0. The minimum atomic E-state index is 0.671. The van der Waals surface area contributed by atoms with Crippen molar-refractivity contribution in [3.63, 3.8) is 0 Å². The first-order chi connectivity index (χ1) is 10.1. The van der Waals surface area contributed by atoms with Crippen LogP contribution in [0.5, 0.6) is 0 Å². The Morgan fingerprint density at radius 3 is 2.81 bits per heavy atom. The Hall–Kier alpha value is -0.940. The highest BCUT2D eigenvalue weighted by Gasteiger charge is 2.17. The van der Waals surface area contributed by atoms with Crippen molar-refractivity contribution < 1.29 is 0 Å². The fourth-order valence-electron chi connectivity index (χ4n) is 2.98. The molecule has 0 spiro atoms. The molecule has 1 N–H and O–H groups in total. The zero-order valence-electron chi connectivity index (χ0n) is 13.9. The summed E-state index contributed by atoms with van der Waals surface area (Å²) in [5.74, 6) is 0.671. The smallest absolute Gasteiger partial charge is 0.0964 e. The lowest BCUT2D eigenvalue weighted by Gasteiger charge is -2.30. The molecule has 0 aliphatic heterocycles. The summed E-state index contributed by atoms with van der Waals surface area (Å²) in [6, 6.07) is 0.773. The fraction of sp³-hybridized carbons (Fsp3) is 0.875. The van der Waals surface area contributed by atoms with Crippen molar-refractivity contribution in [2.75, 3.05) is 20.1 Å². The monoisotopic (exact) mass is 293 g/mol. The van der Waals surface area contributed by atoms with E-state index in [1.807, 2.05) is 4.68 Å². The van der Waals surface area contributed by atoms with Crippen LogP contribution in [0.1, 0.15) is 51.6 Å². The van der Waals surface area contributed by atoms with Gasteiger partial charge in [0.25, 0.3) is 0 Å². The molecule has 0 aromatic carbocycles. The van der Waals surface area contributed by atoms with Crippen LogP contribution in [-0.4, -0.2) is 46.1 Å². The average Bonchev–Trinajstić information content (AvgIpc) is 2.93. The van der Waals surface area contributed by atoms with Gasteiger partial charge in [0, 0.05) is 25.3 Å². The lowest BCUT2D eigenvalue weighted by atomic mass is 9.94. The maximum absolute atomic E-state index is 4.24. The molecule has 0 radical (unpaired) electrons. The van der Waals surface area contributed by atoms with Crippen LogP contribution in [0.25, 0.3) is 0 Å². The third-order valence-corrected chi connectivity index (χ3v) is 4.32. The Balaban J connectivity index is 1.69. The van der Waals surface area contributed by atoms with Crippen LogP contribution in [0.15, 0.2) is 6.20 Å². The molecule has 5 heteroatoms. The van der Waals surface area contributed by atoms with Gasteiger partial charge < -0.3 is 10.2 Å². The van der Waals surface area contributed by atoms with E-state index in [4.69, 9.17) is 0 Å². The van der Waals surface area contributed by atoms with Gasteiger partial charge in [-0.1, -0.05) is 38.3 Å². The Kier molecular flexibility index (Phi) is 6.64. The molecule has 1 aliphatic rings. The highest BCUT2D eigenvalue weighted by Crippen LogP contribution is 2.21. The Morgan fingerprint density at radius 2 is 2.10 bits per heavy atom. The highest BCUT2D eigenvalue weighted by atomic mass is 15.4. The van der Waals surface area contributed by atoms with Crippen molar-refractivity contribution >= 4 is 0 Å². The Bertz CT molecular complexity index is 395. The summed E-state index contributed by atoms with van der Waals surface area (Å²) >= 11 is 0. The van der Waals surface area contributed by atoms with Crippen molar-refractivity contribution in [3.05, 3.63) is 11.9 Å². The van der Waals surface area contributed by atoms with E-state index >= 15 is 0 Å². The molecule has 0 saturated heterocycles. The van der Waals surface area contributed by atoms with Crippen molar-refractivity contribution in [2.24, 2.45) is 5.92 Å². The molecule has 1 aliphatic carbocycles. The lowest BCUT2D eigenvalue weighted by Crippen LogP contribution is -2.35. The van der Waals surface area contributed by atoms with Crippen LogP contribution < -0.4 is 5.32 Å². The third kappa shape index (κ3) is 5.75. The zero-order chi connectivity index (χ0) is 15.1. The van der Waals surface area contributed by atoms with Crippen LogP contribution in [0.2, 0.25) is 0 Å². The maximum Gasteiger partial charge on any atom is 0.0964 e. The molecule has 1 aromatic rings. The van der Waals surface area contributed by atoms with Gasteiger partial charge in [-0.05, 0) is 32.4 Å². The number of nitrogens with zero attached hydrogens (tertiary/aromatic N) is 4. The minimum Gasteiger partial charge on any atom is -0.311 e. The molecule has 0 atom stereocenters. The molecule has 5 nitrogen and oxygen atoms in total. The van der Waals surface area contributed by atoms with E-state index in [0.717, 1.165) is 37.9 Å². The molecular weight excluding hydrogens is 262 g/mol.